The first-order valence-corrected chi connectivity index (χ1v) is 6.08. The van der Waals surface area contributed by atoms with Crippen LogP contribution < -0.4 is 0 Å². The number of furan rings is 1. The average molecular weight is 304 g/mol. The molecule has 0 amide bonds. The number of hydrogen-bond acceptors (Lipinski definition) is 4. The number of nitrogens with zero attached hydrogens (tertiary/aromatic N) is 4. The normalized spacial score (nSPS) is 11.4. The van der Waals surface area contributed by atoms with Gasteiger partial charge in [0.15, 0.2) is 17.3 Å². The molecule has 0 saturated carbocycles. The molecule has 0 N–H and O–H groups in total. The number of hydrogen-bond donors (Lipinski definition) is 0. The highest BCUT2D eigenvalue weighted by molar-refractivity contribution is 5.56. The van der Waals surface area contributed by atoms with Gasteiger partial charge in [-0.25, -0.2) is 9.67 Å². The lowest BCUT2D eigenvalue weighted by atomic mass is 10.3. The Hall–Kier alpha value is -3.08. The van der Waals surface area contributed by atoms with Crippen LogP contribution >= 0.6 is 0 Å². The zero-order valence-corrected chi connectivity index (χ0v) is 10.9. The van der Waals surface area contributed by atoms with Crippen LogP contribution in [0.2, 0.25) is 0 Å². The fraction of sp³-hybridized carbons (Fsp3) is 0.0714. The van der Waals surface area contributed by atoms with E-state index in [0.717, 1.165) is 10.7 Å². The first kappa shape index (κ1) is 13.9. The van der Waals surface area contributed by atoms with Gasteiger partial charge in [0.25, 0.3) is 0 Å². The first-order chi connectivity index (χ1) is 10.5. The second-order valence-electron chi connectivity index (χ2n) is 4.29. The summed E-state index contributed by atoms with van der Waals surface area (Å²) in [5, 5.41) is 12.4. The lowest BCUT2D eigenvalue weighted by Crippen LogP contribution is -2.08. The van der Waals surface area contributed by atoms with Gasteiger partial charge in [-0.05, 0) is 24.3 Å². The van der Waals surface area contributed by atoms with Crippen LogP contribution in [0.15, 0.2) is 47.1 Å². The fourth-order valence-electron chi connectivity index (χ4n) is 1.90. The largest absolute Gasteiger partial charge is 0.463 e. The minimum Gasteiger partial charge on any atom is -0.463 e. The van der Waals surface area contributed by atoms with Crippen LogP contribution in [0.5, 0.6) is 0 Å². The summed E-state index contributed by atoms with van der Waals surface area (Å²) in [4.78, 5) is 3.96. The molecule has 5 nitrogen and oxygen atoms in total. The van der Waals surface area contributed by atoms with Gasteiger partial charge < -0.3 is 4.42 Å². The fourth-order valence-corrected chi connectivity index (χ4v) is 1.90. The van der Waals surface area contributed by atoms with Crippen molar-refractivity contribution in [2.75, 3.05) is 0 Å². The lowest BCUT2D eigenvalue weighted by Gasteiger charge is -2.04. The van der Waals surface area contributed by atoms with Crippen molar-refractivity contribution in [3.63, 3.8) is 0 Å². The van der Waals surface area contributed by atoms with Gasteiger partial charge in [0.1, 0.15) is 17.5 Å². The van der Waals surface area contributed by atoms with Gasteiger partial charge in [-0.2, -0.15) is 23.5 Å². The molecule has 3 heterocycles. The lowest BCUT2D eigenvalue weighted by molar-refractivity contribution is -0.141. The maximum Gasteiger partial charge on any atom is 0.435 e. The third-order valence-electron chi connectivity index (χ3n) is 2.84. The van der Waals surface area contributed by atoms with E-state index in [9.17, 15) is 13.2 Å². The molecule has 0 spiro atoms. The van der Waals surface area contributed by atoms with E-state index in [-0.39, 0.29) is 23.0 Å². The van der Waals surface area contributed by atoms with Crippen LogP contribution in [-0.2, 0) is 6.18 Å². The number of pyridine rings is 1. The van der Waals surface area contributed by atoms with Gasteiger partial charge in [0, 0.05) is 6.07 Å². The Morgan fingerprint density at radius 3 is 2.64 bits per heavy atom. The van der Waals surface area contributed by atoms with Crippen LogP contribution in [0.1, 0.15) is 11.4 Å². The molecule has 0 aliphatic rings. The van der Waals surface area contributed by atoms with Crippen LogP contribution in [0, 0.1) is 11.3 Å². The number of aromatic nitrogens is 3. The molecule has 3 rings (SSSR count). The van der Waals surface area contributed by atoms with Crippen molar-refractivity contribution in [2.24, 2.45) is 0 Å². The molecular weight excluding hydrogens is 297 g/mol. The van der Waals surface area contributed by atoms with Gasteiger partial charge >= 0.3 is 6.18 Å². The predicted octanol–water partition coefficient (Wildman–Crippen LogP) is 3.42. The summed E-state index contributed by atoms with van der Waals surface area (Å²) >= 11 is 0. The van der Waals surface area contributed by atoms with Crippen molar-refractivity contribution >= 4 is 0 Å². The second kappa shape index (κ2) is 5.04. The van der Waals surface area contributed by atoms with Crippen molar-refractivity contribution in [3.05, 3.63) is 54.0 Å². The molecule has 0 bridgehead atoms. The van der Waals surface area contributed by atoms with Crippen LogP contribution in [0.25, 0.3) is 17.3 Å². The molecule has 0 fully saturated rings. The summed E-state index contributed by atoms with van der Waals surface area (Å²) in [5.41, 5.74) is -0.894. The van der Waals surface area contributed by atoms with Crippen molar-refractivity contribution < 1.29 is 17.6 Å². The van der Waals surface area contributed by atoms with E-state index < -0.39 is 11.9 Å². The molecule has 0 aromatic carbocycles. The zero-order chi connectivity index (χ0) is 15.7. The van der Waals surface area contributed by atoms with Crippen molar-refractivity contribution in [3.8, 4) is 23.3 Å². The summed E-state index contributed by atoms with van der Waals surface area (Å²) in [7, 11) is 0. The highest BCUT2D eigenvalue weighted by Gasteiger charge is 2.35. The Labute approximate surface area is 122 Å². The van der Waals surface area contributed by atoms with Crippen LogP contribution in [0.3, 0.4) is 0 Å². The Kier molecular flexibility index (Phi) is 3.18. The third-order valence-corrected chi connectivity index (χ3v) is 2.84. The number of nitriles is 1. The molecule has 0 radical (unpaired) electrons. The predicted molar refractivity (Wildman–Crippen MR) is 68.8 cm³/mol. The molecule has 0 aliphatic carbocycles. The number of rotatable bonds is 2. The van der Waals surface area contributed by atoms with Crippen molar-refractivity contribution in [1.29, 1.82) is 5.26 Å². The van der Waals surface area contributed by atoms with Crippen molar-refractivity contribution in [2.45, 2.75) is 6.18 Å². The Morgan fingerprint density at radius 1 is 1.18 bits per heavy atom. The highest BCUT2D eigenvalue weighted by Crippen LogP contribution is 2.33. The van der Waals surface area contributed by atoms with Gasteiger partial charge in [-0.3, -0.25) is 0 Å². The summed E-state index contributed by atoms with van der Waals surface area (Å²) in [6.45, 7) is 0. The molecule has 0 unspecified atom stereocenters. The number of halogens is 3. The third kappa shape index (κ3) is 2.44. The van der Waals surface area contributed by atoms with E-state index in [1.807, 2.05) is 6.07 Å². The maximum atomic E-state index is 12.9. The Balaban J connectivity index is 2.21. The molecule has 0 atom stereocenters. The molecule has 0 saturated heterocycles. The zero-order valence-electron chi connectivity index (χ0n) is 10.9. The topological polar surface area (TPSA) is 67.6 Å². The molecule has 22 heavy (non-hydrogen) atoms. The number of alkyl halides is 3. The van der Waals surface area contributed by atoms with Gasteiger partial charge in [0.2, 0.25) is 0 Å². The molecular formula is C14H7F3N4O. The van der Waals surface area contributed by atoms with E-state index in [1.54, 1.807) is 6.07 Å². The molecule has 8 heteroatoms. The summed E-state index contributed by atoms with van der Waals surface area (Å²) in [5.74, 6) is 0.313. The maximum absolute atomic E-state index is 12.9. The van der Waals surface area contributed by atoms with E-state index in [2.05, 4.69) is 10.1 Å². The second-order valence-corrected chi connectivity index (χ2v) is 4.29. The molecule has 3 aromatic rings. The summed E-state index contributed by atoms with van der Waals surface area (Å²) in [6.07, 6.45) is -3.25. The van der Waals surface area contributed by atoms with Gasteiger partial charge in [-0.15, -0.1) is 0 Å². The SMILES string of the molecule is N#Cc1cccc(-n2nc(C(F)(F)F)cc2-c2ccco2)n1. The minimum absolute atomic E-state index is 0.0759. The Morgan fingerprint density at radius 2 is 2.00 bits per heavy atom. The Bertz CT molecular complexity index is 844. The van der Waals surface area contributed by atoms with Crippen LogP contribution in [0.4, 0.5) is 13.2 Å². The van der Waals surface area contributed by atoms with E-state index in [1.165, 1.54) is 30.5 Å². The van der Waals surface area contributed by atoms with Crippen LogP contribution in [-0.4, -0.2) is 14.8 Å². The van der Waals surface area contributed by atoms with Gasteiger partial charge in [-0.1, -0.05) is 6.07 Å². The molecule has 110 valence electrons. The quantitative estimate of drug-likeness (QED) is 0.727. The average Bonchev–Trinajstić information content (AvgIpc) is 3.15. The molecule has 3 aromatic heterocycles. The van der Waals surface area contributed by atoms with Gasteiger partial charge in [0.05, 0.1) is 6.26 Å². The summed E-state index contributed by atoms with van der Waals surface area (Å²) in [6, 6.07) is 10.2. The smallest absolute Gasteiger partial charge is 0.435 e. The standard InChI is InChI=1S/C14H7F3N4O/c15-14(16,17)12-7-10(11-4-2-6-22-11)21(20-12)13-5-1-3-9(8-18)19-13/h1-7H. The highest BCUT2D eigenvalue weighted by atomic mass is 19.4. The van der Waals surface area contributed by atoms with E-state index in [0.29, 0.717) is 0 Å². The first-order valence-electron chi connectivity index (χ1n) is 6.08. The van der Waals surface area contributed by atoms with E-state index in [4.69, 9.17) is 9.68 Å². The van der Waals surface area contributed by atoms with E-state index >= 15 is 0 Å². The monoisotopic (exact) mass is 304 g/mol. The molecule has 0 aliphatic heterocycles. The summed E-state index contributed by atoms with van der Waals surface area (Å²) < 4.78 is 44.9. The minimum atomic E-state index is -4.60. The van der Waals surface area contributed by atoms with Crippen molar-refractivity contribution in [1.82, 2.24) is 14.8 Å².